The summed E-state index contributed by atoms with van der Waals surface area (Å²) in [5.74, 6) is 0.920. The molecule has 1 aliphatic rings. The maximum Gasteiger partial charge on any atom is 0.189 e. The summed E-state index contributed by atoms with van der Waals surface area (Å²) in [5, 5.41) is 4.03. The van der Waals surface area contributed by atoms with Crippen molar-refractivity contribution < 1.29 is 8.81 Å². The van der Waals surface area contributed by atoms with E-state index in [-0.39, 0.29) is 5.82 Å². The third kappa shape index (κ3) is 3.01. The Bertz CT molecular complexity index is 671. The number of fused-ring (bicyclic) bond motifs is 1. The number of guanidine groups is 1. The fourth-order valence-electron chi connectivity index (χ4n) is 2.88. The van der Waals surface area contributed by atoms with Gasteiger partial charge in [-0.2, -0.15) is 0 Å². The van der Waals surface area contributed by atoms with Gasteiger partial charge in [-0.15, -0.1) is 0 Å². The summed E-state index contributed by atoms with van der Waals surface area (Å²) < 4.78 is 19.0. The highest BCUT2D eigenvalue weighted by atomic mass is 19.1. The summed E-state index contributed by atoms with van der Waals surface area (Å²) in [6, 6.07) is 4.97. The Hall–Kier alpha value is -2.04. The zero-order chi connectivity index (χ0) is 14.8. The first-order valence-electron chi connectivity index (χ1n) is 7.37. The van der Waals surface area contributed by atoms with Crippen LogP contribution < -0.4 is 11.1 Å². The van der Waals surface area contributed by atoms with E-state index < -0.39 is 0 Å². The van der Waals surface area contributed by atoms with Crippen LogP contribution in [0.1, 0.15) is 37.0 Å². The Balaban J connectivity index is 1.73. The number of hydrogen-bond acceptors (Lipinski definition) is 2. The van der Waals surface area contributed by atoms with Gasteiger partial charge >= 0.3 is 0 Å². The summed E-state index contributed by atoms with van der Waals surface area (Å²) in [5.41, 5.74) is 7.51. The molecule has 2 aromatic rings. The minimum atomic E-state index is -0.260. The van der Waals surface area contributed by atoms with Gasteiger partial charge < -0.3 is 15.5 Å². The molecule has 112 valence electrons. The molecule has 1 saturated carbocycles. The number of nitrogens with two attached hydrogens (primary N) is 1. The fraction of sp³-hybridized carbons (Fsp3) is 0.438. The third-order valence-corrected chi connectivity index (χ3v) is 4.10. The molecule has 1 aromatic heterocycles. The van der Waals surface area contributed by atoms with E-state index in [1.807, 2.05) is 6.92 Å². The highest BCUT2D eigenvalue weighted by Gasteiger charge is 2.15. The summed E-state index contributed by atoms with van der Waals surface area (Å²) in [4.78, 5) is 4.33. The number of rotatable bonds is 3. The molecule has 0 amide bonds. The van der Waals surface area contributed by atoms with Crippen LogP contribution in [0.3, 0.4) is 0 Å². The molecule has 1 fully saturated rings. The Morgan fingerprint density at radius 2 is 2.19 bits per heavy atom. The van der Waals surface area contributed by atoms with Crippen LogP contribution in [0, 0.1) is 12.7 Å². The van der Waals surface area contributed by atoms with Gasteiger partial charge in [-0.05, 0) is 38.0 Å². The monoisotopic (exact) mass is 289 g/mol. The molecule has 0 spiro atoms. The van der Waals surface area contributed by atoms with Crippen molar-refractivity contribution in [3.63, 3.8) is 0 Å². The lowest BCUT2D eigenvalue weighted by molar-refractivity contribution is 0.546. The Labute approximate surface area is 123 Å². The molecule has 0 unspecified atom stereocenters. The van der Waals surface area contributed by atoms with Crippen LogP contribution >= 0.6 is 0 Å². The largest absolute Gasteiger partial charge is 0.459 e. The molecule has 0 bridgehead atoms. The number of aryl methyl sites for hydroxylation is 1. The summed E-state index contributed by atoms with van der Waals surface area (Å²) >= 11 is 0. The molecule has 3 rings (SSSR count). The van der Waals surface area contributed by atoms with Crippen molar-refractivity contribution in [2.24, 2.45) is 10.7 Å². The maximum absolute atomic E-state index is 13.3. The predicted octanol–water partition coefficient (Wildman–Crippen LogP) is 3.23. The SMILES string of the molecule is Cc1c(CN=C(N)NC2CCCC2)oc2ccc(F)cc12. The first kappa shape index (κ1) is 13.9. The molecular formula is C16H20FN3O. The van der Waals surface area contributed by atoms with Crippen LogP contribution in [0.15, 0.2) is 27.6 Å². The lowest BCUT2D eigenvalue weighted by atomic mass is 10.1. The highest BCUT2D eigenvalue weighted by molar-refractivity contribution is 5.82. The van der Waals surface area contributed by atoms with Gasteiger partial charge in [0.1, 0.15) is 23.7 Å². The smallest absolute Gasteiger partial charge is 0.189 e. The molecule has 1 aliphatic carbocycles. The van der Waals surface area contributed by atoms with Crippen molar-refractivity contribution in [2.75, 3.05) is 0 Å². The van der Waals surface area contributed by atoms with Gasteiger partial charge in [0.05, 0.1) is 0 Å². The number of halogens is 1. The molecule has 1 aromatic carbocycles. The van der Waals surface area contributed by atoms with E-state index in [4.69, 9.17) is 10.2 Å². The van der Waals surface area contributed by atoms with E-state index >= 15 is 0 Å². The highest BCUT2D eigenvalue weighted by Crippen LogP contribution is 2.26. The van der Waals surface area contributed by atoms with Crippen molar-refractivity contribution >= 4 is 16.9 Å². The van der Waals surface area contributed by atoms with Crippen LogP contribution in [0.4, 0.5) is 4.39 Å². The van der Waals surface area contributed by atoms with Crippen LogP contribution in [0.5, 0.6) is 0 Å². The van der Waals surface area contributed by atoms with Gasteiger partial charge in [0.15, 0.2) is 5.96 Å². The van der Waals surface area contributed by atoms with Crippen LogP contribution in [-0.4, -0.2) is 12.0 Å². The summed E-state index contributed by atoms with van der Waals surface area (Å²) in [7, 11) is 0. The lowest BCUT2D eigenvalue weighted by Crippen LogP contribution is -2.38. The quantitative estimate of drug-likeness (QED) is 0.673. The molecule has 0 radical (unpaired) electrons. The zero-order valence-electron chi connectivity index (χ0n) is 12.2. The van der Waals surface area contributed by atoms with Crippen LogP contribution in [0.25, 0.3) is 11.0 Å². The van der Waals surface area contributed by atoms with E-state index in [1.54, 1.807) is 6.07 Å². The van der Waals surface area contributed by atoms with E-state index in [1.165, 1.54) is 25.0 Å². The topological polar surface area (TPSA) is 63.5 Å². The van der Waals surface area contributed by atoms with Crippen molar-refractivity contribution in [2.45, 2.75) is 45.2 Å². The van der Waals surface area contributed by atoms with Gasteiger partial charge in [-0.3, -0.25) is 0 Å². The Morgan fingerprint density at radius 3 is 2.95 bits per heavy atom. The van der Waals surface area contributed by atoms with Gasteiger partial charge in [-0.1, -0.05) is 12.8 Å². The molecule has 0 saturated heterocycles. The molecule has 3 N–H and O–H groups in total. The molecular weight excluding hydrogens is 269 g/mol. The normalized spacial score (nSPS) is 16.8. The van der Waals surface area contributed by atoms with E-state index in [0.717, 1.165) is 29.6 Å². The Morgan fingerprint density at radius 1 is 1.43 bits per heavy atom. The molecule has 5 heteroatoms. The van der Waals surface area contributed by atoms with E-state index in [0.29, 0.717) is 24.1 Å². The number of hydrogen-bond donors (Lipinski definition) is 2. The number of nitrogens with zero attached hydrogens (tertiary/aromatic N) is 1. The van der Waals surface area contributed by atoms with Crippen molar-refractivity contribution in [3.8, 4) is 0 Å². The molecule has 1 heterocycles. The standard InChI is InChI=1S/C16H20FN3O/c1-10-13-8-11(17)6-7-14(13)21-15(10)9-19-16(18)20-12-4-2-3-5-12/h6-8,12H,2-5,9H2,1H3,(H3,18,19,20). The maximum atomic E-state index is 13.3. The molecule has 21 heavy (non-hydrogen) atoms. The first-order valence-corrected chi connectivity index (χ1v) is 7.37. The molecule has 4 nitrogen and oxygen atoms in total. The van der Waals surface area contributed by atoms with Gasteiger partial charge in [0.25, 0.3) is 0 Å². The second kappa shape index (κ2) is 5.76. The zero-order valence-corrected chi connectivity index (χ0v) is 12.2. The third-order valence-electron chi connectivity index (χ3n) is 4.10. The van der Waals surface area contributed by atoms with Gasteiger partial charge in [-0.25, -0.2) is 9.38 Å². The second-order valence-electron chi connectivity index (χ2n) is 5.62. The van der Waals surface area contributed by atoms with Gasteiger partial charge in [0, 0.05) is 17.0 Å². The molecule has 0 aliphatic heterocycles. The number of nitrogens with one attached hydrogen (secondary N) is 1. The number of furan rings is 1. The van der Waals surface area contributed by atoms with E-state index in [9.17, 15) is 4.39 Å². The second-order valence-corrected chi connectivity index (χ2v) is 5.62. The average Bonchev–Trinajstić information content (AvgIpc) is 3.06. The minimum Gasteiger partial charge on any atom is -0.459 e. The first-order chi connectivity index (χ1) is 10.1. The minimum absolute atomic E-state index is 0.260. The van der Waals surface area contributed by atoms with Crippen molar-refractivity contribution in [1.82, 2.24) is 5.32 Å². The van der Waals surface area contributed by atoms with Crippen LogP contribution in [-0.2, 0) is 6.54 Å². The summed E-state index contributed by atoms with van der Waals surface area (Å²) in [6.07, 6.45) is 4.80. The predicted molar refractivity (Wildman–Crippen MR) is 81.6 cm³/mol. The van der Waals surface area contributed by atoms with Crippen molar-refractivity contribution in [1.29, 1.82) is 0 Å². The average molecular weight is 289 g/mol. The summed E-state index contributed by atoms with van der Waals surface area (Å²) in [6.45, 7) is 2.28. The number of aliphatic imine (C=N–C) groups is 1. The van der Waals surface area contributed by atoms with E-state index in [2.05, 4.69) is 10.3 Å². The Kier molecular flexibility index (Phi) is 3.82. The number of benzene rings is 1. The fourth-order valence-corrected chi connectivity index (χ4v) is 2.88. The van der Waals surface area contributed by atoms with Gasteiger partial charge in [0.2, 0.25) is 0 Å². The molecule has 0 atom stereocenters. The van der Waals surface area contributed by atoms with Crippen molar-refractivity contribution in [3.05, 3.63) is 35.3 Å². The lowest BCUT2D eigenvalue weighted by Gasteiger charge is -2.11. The van der Waals surface area contributed by atoms with Crippen LogP contribution in [0.2, 0.25) is 0 Å².